The van der Waals surface area contributed by atoms with Crippen LogP contribution in [-0.4, -0.2) is 18.6 Å². The normalized spacial score (nSPS) is 11.8. The van der Waals surface area contributed by atoms with Crippen LogP contribution in [0.5, 0.6) is 5.75 Å². The maximum atomic E-state index is 12.1. The Morgan fingerprint density at radius 3 is 2.52 bits per heavy atom. The largest absolute Gasteiger partial charge is 0.491 e. The minimum atomic E-state index is -0.109. The Labute approximate surface area is 133 Å². The van der Waals surface area contributed by atoms with Crippen molar-refractivity contribution in [3.8, 4) is 5.75 Å². The molecule has 0 aliphatic carbocycles. The van der Waals surface area contributed by atoms with Crippen LogP contribution in [0.4, 0.5) is 0 Å². The van der Waals surface area contributed by atoms with E-state index in [4.69, 9.17) is 4.74 Å². The molecular weight excluding hydrogens is 330 g/mol. The van der Waals surface area contributed by atoms with E-state index in [1.807, 2.05) is 56.3 Å². The smallest absolute Gasteiger partial charge is 0.252 e. The first-order valence-electron chi connectivity index (χ1n) is 6.81. The first-order valence-corrected chi connectivity index (χ1v) is 7.60. The molecular formula is C17H18BrNO2. The van der Waals surface area contributed by atoms with Crippen LogP contribution in [0.3, 0.4) is 0 Å². The van der Waals surface area contributed by atoms with Gasteiger partial charge in [-0.3, -0.25) is 4.79 Å². The third-order valence-corrected chi connectivity index (χ3v) is 3.71. The molecule has 2 aromatic rings. The quantitative estimate of drug-likeness (QED) is 0.888. The van der Waals surface area contributed by atoms with E-state index in [-0.39, 0.29) is 11.9 Å². The molecule has 0 spiro atoms. The molecule has 0 fully saturated rings. The molecule has 0 heterocycles. The number of ether oxygens (including phenoxy) is 1. The van der Waals surface area contributed by atoms with Crippen molar-refractivity contribution in [3.63, 3.8) is 0 Å². The summed E-state index contributed by atoms with van der Waals surface area (Å²) in [5.41, 5.74) is 1.82. The van der Waals surface area contributed by atoms with Crippen LogP contribution in [0.2, 0.25) is 0 Å². The van der Waals surface area contributed by atoms with Gasteiger partial charge in [0.2, 0.25) is 0 Å². The lowest BCUT2D eigenvalue weighted by Gasteiger charge is -2.15. The van der Waals surface area contributed by atoms with Gasteiger partial charge in [-0.05, 0) is 54.0 Å². The van der Waals surface area contributed by atoms with Gasteiger partial charge in [0.1, 0.15) is 12.4 Å². The van der Waals surface area contributed by atoms with Gasteiger partial charge in [0, 0.05) is 4.47 Å². The Balaban J connectivity index is 1.87. The number of hydrogen-bond donors (Lipinski definition) is 1. The fourth-order valence-corrected chi connectivity index (χ4v) is 2.31. The van der Waals surface area contributed by atoms with Crippen molar-refractivity contribution in [1.29, 1.82) is 0 Å². The zero-order valence-corrected chi connectivity index (χ0v) is 13.7. The summed E-state index contributed by atoms with van der Waals surface area (Å²) in [5.74, 6) is 0.699. The predicted octanol–water partition coefficient (Wildman–Crippen LogP) is 3.95. The van der Waals surface area contributed by atoms with Gasteiger partial charge in [-0.25, -0.2) is 0 Å². The fraction of sp³-hybridized carbons (Fsp3) is 0.235. The van der Waals surface area contributed by atoms with E-state index >= 15 is 0 Å². The van der Waals surface area contributed by atoms with E-state index in [0.717, 1.165) is 10.2 Å². The minimum Gasteiger partial charge on any atom is -0.491 e. The Bertz CT molecular complexity index is 610. The van der Waals surface area contributed by atoms with E-state index in [1.165, 1.54) is 5.56 Å². The number of halogens is 1. The van der Waals surface area contributed by atoms with Crippen molar-refractivity contribution in [2.24, 2.45) is 0 Å². The van der Waals surface area contributed by atoms with Gasteiger partial charge in [-0.1, -0.05) is 29.8 Å². The van der Waals surface area contributed by atoms with Gasteiger partial charge < -0.3 is 10.1 Å². The van der Waals surface area contributed by atoms with Gasteiger partial charge in [0.25, 0.3) is 5.91 Å². The monoisotopic (exact) mass is 347 g/mol. The van der Waals surface area contributed by atoms with Crippen LogP contribution in [-0.2, 0) is 0 Å². The summed E-state index contributed by atoms with van der Waals surface area (Å²) in [5, 5.41) is 2.92. The van der Waals surface area contributed by atoms with Crippen molar-refractivity contribution in [2.45, 2.75) is 19.9 Å². The molecule has 0 bridgehead atoms. The first kappa shape index (κ1) is 15.6. The van der Waals surface area contributed by atoms with Gasteiger partial charge >= 0.3 is 0 Å². The lowest BCUT2D eigenvalue weighted by molar-refractivity contribution is 0.0926. The Morgan fingerprint density at radius 1 is 1.19 bits per heavy atom. The van der Waals surface area contributed by atoms with E-state index in [0.29, 0.717) is 12.2 Å². The molecule has 110 valence electrons. The Morgan fingerprint density at radius 2 is 1.86 bits per heavy atom. The van der Waals surface area contributed by atoms with Crippen molar-refractivity contribution < 1.29 is 9.53 Å². The molecule has 1 N–H and O–H groups in total. The average Bonchev–Trinajstić information content (AvgIpc) is 2.47. The summed E-state index contributed by atoms with van der Waals surface area (Å²) >= 11 is 3.38. The number of hydrogen-bond acceptors (Lipinski definition) is 2. The second-order valence-electron chi connectivity index (χ2n) is 4.98. The topological polar surface area (TPSA) is 38.3 Å². The van der Waals surface area contributed by atoms with E-state index in [9.17, 15) is 4.79 Å². The molecule has 21 heavy (non-hydrogen) atoms. The van der Waals surface area contributed by atoms with Crippen LogP contribution in [0.25, 0.3) is 0 Å². The first-order chi connectivity index (χ1) is 10.1. The third kappa shape index (κ3) is 4.60. The second-order valence-corrected chi connectivity index (χ2v) is 5.83. The number of amides is 1. The molecule has 2 rings (SSSR count). The highest BCUT2D eigenvalue weighted by atomic mass is 79.9. The van der Waals surface area contributed by atoms with Crippen LogP contribution in [0, 0.1) is 6.92 Å². The molecule has 4 heteroatoms. The molecule has 1 atom stereocenters. The maximum Gasteiger partial charge on any atom is 0.252 e. The Kier molecular flexibility index (Phi) is 5.39. The van der Waals surface area contributed by atoms with E-state index in [2.05, 4.69) is 21.2 Å². The lowest BCUT2D eigenvalue weighted by Crippen LogP contribution is -2.36. The standard InChI is InChI=1S/C17H18BrNO2/c1-12-7-9-14(10-8-12)21-11-13(2)19-17(20)15-5-3-4-6-16(15)18/h3-10,13H,11H2,1-2H3,(H,19,20)/t13-/m0/s1. The zero-order valence-electron chi connectivity index (χ0n) is 12.1. The number of benzene rings is 2. The summed E-state index contributed by atoms with van der Waals surface area (Å²) in [6.07, 6.45) is 0. The van der Waals surface area contributed by atoms with Crippen molar-refractivity contribution in [1.82, 2.24) is 5.32 Å². The zero-order chi connectivity index (χ0) is 15.2. The summed E-state index contributed by atoms with van der Waals surface area (Å²) in [6, 6.07) is 15.1. The fourth-order valence-electron chi connectivity index (χ4n) is 1.84. The summed E-state index contributed by atoms with van der Waals surface area (Å²) in [4.78, 5) is 12.1. The number of nitrogens with one attached hydrogen (secondary N) is 1. The van der Waals surface area contributed by atoms with Crippen molar-refractivity contribution >= 4 is 21.8 Å². The van der Waals surface area contributed by atoms with E-state index < -0.39 is 0 Å². The highest BCUT2D eigenvalue weighted by Gasteiger charge is 2.12. The van der Waals surface area contributed by atoms with Crippen molar-refractivity contribution in [3.05, 3.63) is 64.1 Å². The number of carbonyl (C=O) groups excluding carboxylic acids is 1. The number of rotatable bonds is 5. The molecule has 0 saturated carbocycles. The molecule has 0 saturated heterocycles. The van der Waals surface area contributed by atoms with Gasteiger partial charge in [-0.15, -0.1) is 0 Å². The minimum absolute atomic E-state index is 0.0779. The molecule has 0 radical (unpaired) electrons. The van der Waals surface area contributed by atoms with Gasteiger partial charge in [0.15, 0.2) is 0 Å². The number of aryl methyl sites for hydroxylation is 1. The highest BCUT2D eigenvalue weighted by molar-refractivity contribution is 9.10. The van der Waals surface area contributed by atoms with Crippen LogP contribution in [0.1, 0.15) is 22.8 Å². The molecule has 1 amide bonds. The Hall–Kier alpha value is -1.81. The molecule has 2 aromatic carbocycles. The molecule has 0 aromatic heterocycles. The molecule has 0 unspecified atom stereocenters. The van der Waals surface area contributed by atoms with Crippen molar-refractivity contribution in [2.75, 3.05) is 6.61 Å². The van der Waals surface area contributed by atoms with Gasteiger partial charge in [0.05, 0.1) is 11.6 Å². The third-order valence-electron chi connectivity index (χ3n) is 3.02. The summed E-state index contributed by atoms with van der Waals surface area (Å²) < 4.78 is 6.45. The van der Waals surface area contributed by atoms with Crippen LogP contribution >= 0.6 is 15.9 Å². The lowest BCUT2D eigenvalue weighted by atomic mass is 10.2. The van der Waals surface area contributed by atoms with Crippen LogP contribution < -0.4 is 10.1 Å². The summed E-state index contributed by atoms with van der Waals surface area (Å²) in [6.45, 7) is 4.38. The van der Waals surface area contributed by atoms with Gasteiger partial charge in [-0.2, -0.15) is 0 Å². The predicted molar refractivity (Wildman–Crippen MR) is 87.7 cm³/mol. The molecule has 3 nitrogen and oxygen atoms in total. The maximum absolute atomic E-state index is 12.1. The number of carbonyl (C=O) groups is 1. The van der Waals surface area contributed by atoms with E-state index in [1.54, 1.807) is 6.07 Å². The molecule has 0 aliphatic heterocycles. The second kappa shape index (κ2) is 7.27. The average molecular weight is 348 g/mol. The highest BCUT2D eigenvalue weighted by Crippen LogP contribution is 2.16. The SMILES string of the molecule is Cc1ccc(OC[C@H](C)NC(=O)c2ccccc2Br)cc1. The molecule has 0 aliphatic rings. The summed E-state index contributed by atoms with van der Waals surface area (Å²) in [7, 11) is 0. The van der Waals surface area contributed by atoms with Crippen LogP contribution in [0.15, 0.2) is 53.0 Å².